The number of fused-ring (bicyclic) bond motifs is 1. The molecule has 0 bridgehead atoms. The van der Waals surface area contributed by atoms with Crippen molar-refractivity contribution in [2.75, 3.05) is 4.90 Å². The Balaban J connectivity index is 1.93. The lowest BCUT2D eigenvalue weighted by Crippen LogP contribution is -2.36. The molecular formula is C20H16FN. The van der Waals surface area contributed by atoms with Crippen molar-refractivity contribution >= 4 is 11.4 Å². The van der Waals surface area contributed by atoms with Gasteiger partial charge in [0, 0.05) is 23.4 Å². The Labute approximate surface area is 129 Å². The van der Waals surface area contributed by atoms with E-state index in [1.165, 1.54) is 0 Å². The van der Waals surface area contributed by atoms with Gasteiger partial charge in [-0.1, -0.05) is 66.7 Å². The molecule has 0 saturated heterocycles. The molecule has 1 atom stereocenters. The normalized spacial score (nSPS) is 20.0. The van der Waals surface area contributed by atoms with E-state index in [0.717, 1.165) is 16.9 Å². The number of anilines is 2. The standard InChI is InChI=1S/C20H16FN/c21-20(17-10-3-1-4-11-17)15-16-9-7-8-14-19(16)22(20)18-12-5-2-6-13-18/h1-14H,15H2. The van der Waals surface area contributed by atoms with Crippen LogP contribution in [0.3, 0.4) is 0 Å². The molecule has 0 aliphatic carbocycles. The number of para-hydroxylation sites is 2. The van der Waals surface area contributed by atoms with Gasteiger partial charge in [-0.25, -0.2) is 4.39 Å². The molecule has 108 valence electrons. The summed E-state index contributed by atoms with van der Waals surface area (Å²) < 4.78 is 16.1. The molecule has 1 aliphatic rings. The number of hydrogen-bond donors (Lipinski definition) is 0. The van der Waals surface area contributed by atoms with Gasteiger partial charge in [-0.3, -0.25) is 0 Å². The highest BCUT2D eigenvalue weighted by atomic mass is 19.1. The van der Waals surface area contributed by atoms with Crippen molar-refractivity contribution in [1.29, 1.82) is 0 Å². The van der Waals surface area contributed by atoms with E-state index in [1.807, 2.05) is 89.8 Å². The van der Waals surface area contributed by atoms with Gasteiger partial charge in [-0.2, -0.15) is 0 Å². The van der Waals surface area contributed by atoms with E-state index in [-0.39, 0.29) is 0 Å². The summed E-state index contributed by atoms with van der Waals surface area (Å²) in [5.41, 5.74) is 3.55. The molecule has 1 nitrogen and oxygen atoms in total. The van der Waals surface area contributed by atoms with Crippen LogP contribution in [0.15, 0.2) is 84.9 Å². The first-order valence-corrected chi connectivity index (χ1v) is 7.47. The maximum atomic E-state index is 16.1. The van der Waals surface area contributed by atoms with E-state index in [2.05, 4.69) is 0 Å². The van der Waals surface area contributed by atoms with Crippen LogP contribution in [0.5, 0.6) is 0 Å². The summed E-state index contributed by atoms with van der Waals surface area (Å²) >= 11 is 0. The molecule has 3 aromatic rings. The van der Waals surface area contributed by atoms with Crippen molar-refractivity contribution in [1.82, 2.24) is 0 Å². The zero-order chi connectivity index (χ0) is 15.0. The van der Waals surface area contributed by atoms with Crippen LogP contribution in [-0.2, 0) is 12.2 Å². The second kappa shape index (κ2) is 4.99. The lowest BCUT2D eigenvalue weighted by atomic mass is 9.99. The zero-order valence-electron chi connectivity index (χ0n) is 12.1. The van der Waals surface area contributed by atoms with E-state index in [0.29, 0.717) is 12.0 Å². The number of nitrogens with zero attached hydrogens (tertiary/aromatic N) is 1. The Morgan fingerprint density at radius 2 is 1.32 bits per heavy atom. The fourth-order valence-corrected chi connectivity index (χ4v) is 3.25. The Morgan fingerprint density at radius 3 is 2.05 bits per heavy atom. The Hall–Kier alpha value is -2.61. The van der Waals surface area contributed by atoms with Gasteiger partial charge in [-0.05, 0) is 23.8 Å². The predicted octanol–water partition coefficient (Wildman–Crippen LogP) is 5.20. The summed E-state index contributed by atoms with van der Waals surface area (Å²) in [6.45, 7) is 0. The Bertz CT molecular complexity index is 785. The van der Waals surface area contributed by atoms with Crippen molar-refractivity contribution in [2.24, 2.45) is 0 Å². The molecule has 1 unspecified atom stereocenters. The molecule has 1 aliphatic heterocycles. The molecule has 0 fully saturated rings. The number of benzene rings is 3. The quantitative estimate of drug-likeness (QED) is 0.586. The third-order valence-electron chi connectivity index (χ3n) is 4.24. The topological polar surface area (TPSA) is 3.24 Å². The first kappa shape index (κ1) is 13.1. The first-order chi connectivity index (χ1) is 10.8. The van der Waals surface area contributed by atoms with Crippen LogP contribution in [0, 0.1) is 0 Å². The van der Waals surface area contributed by atoms with Gasteiger partial charge >= 0.3 is 0 Å². The minimum Gasteiger partial charge on any atom is -0.304 e. The van der Waals surface area contributed by atoms with Gasteiger partial charge in [0.1, 0.15) is 0 Å². The van der Waals surface area contributed by atoms with Crippen LogP contribution in [0.4, 0.5) is 15.8 Å². The molecule has 0 amide bonds. The third kappa shape index (κ3) is 1.92. The molecule has 0 N–H and O–H groups in total. The summed E-state index contributed by atoms with van der Waals surface area (Å²) in [6.07, 6.45) is 0.363. The molecule has 22 heavy (non-hydrogen) atoms. The van der Waals surface area contributed by atoms with Crippen LogP contribution in [0.2, 0.25) is 0 Å². The van der Waals surface area contributed by atoms with Gasteiger partial charge in [0.05, 0.1) is 0 Å². The van der Waals surface area contributed by atoms with Crippen LogP contribution >= 0.6 is 0 Å². The molecule has 4 rings (SSSR count). The maximum absolute atomic E-state index is 16.1. The second-order valence-electron chi connectivity index (χ2n) is 5.60. The largest absolute Gasteiger partial charge is 0.304 e. The van der Waals surface area contributed by atoms with Crippen LogP contribution in [-0.4, -0.2) is 0 Å². The predicted molar refractivity (Wildman–Crippen MR) is 88.0 cm³/mol. The average Bonchev–Trinajstić information content (AvgIpc) is 2.90. The van der Waals surface area contributed by atoms with Crippen LogP contribution < -0.4 is 4.90 Å². The van der Waals surface area contributed by atoms with Gasteiger partial charge in [0.2, 0.25) is 5.79 Å². The van der Waals surface area contributed by atoms with Crippen molar-refractivity contribution in [3.63, 3.8) is 0 Å². The smallest absolute Gasteiger partial charge is 0.216 e. The van der Waals surface area contributed by atoms with E-state index in [4.69, 9.17) is 0 Å². The number of alkyl halides is 1. The SMILES string of the molecule is FC1(c2ccccc2)Cc2ccccc2N1c1ccccc1. The Kier molecular flexibility index (Phi) is 2.97. The van der Waals surface area contributed by atoms with E-state index < -0.39 is 5.79 Å². The van der Waals surface area contributed by atoms with Crippen molar-refractivity contribution in [2.45, 2.75) is 12.2 Å². The lowest BCUT2D eigenvalue weighted by Gasteiger charge is -2.34. The second-order valence-corrected chi connectivity index (χ2v) is 5.60. The summed E-state index contributed by atoms with van der Waals surface area (Å²) in [4.78, 5) is 1.82. The lowest BCUT2D eigenvalue weighted by molar-refractivity contribution is 0.186. The summed E-state index contributed by atoms with van der Waals surface area (Å²) in [5, 5.41) is 0. The van der Waals surface area contributed by atoms with Crippen LogP contribution in [0.1, 0.15) is 11.1 Å². The Morgan fingerprint density at radius 1 is 0.727 bits per heavy atom. The van der Waals surface area contributed by atoms with Crippen LogP contribution in [0.25, 0.3) is 0 Å². The summed E-state index contributed by atoms with van der Waals surface area (Å²) in [7, 11) is 0. The highest BCUT2D eigenvalue weighted by molar-refractivity contribution is 5.73. The fourth-order valence-electron chi connectivity index (χ4n) is 3.25. The molecule has 1 heterocycles. The molecule has 0 saturated carbocycles. The third-order valence-corrected chi connectivity index (χ3v) is 4.24. The number of hydrogen-bond acceptors (Lipinski definition) is 1. The van der Waals surface area contributed by atoms with Gasteiger partial charge < -0.3 is 4.90 Å². The summed E-state index contributed by atoms with van der Waals surface area (Å²) in [5.74, 6) is -1.55. The molecule has 2 heteroatoms. The van der Waals surface area contributed by atoms with Crippen molar-refractivity contribution in [3.8, 4) is 0 Å². The minimum atomic E-state index is -1.55. The van der Waals surface area contributed by atoms with Crippen molar-refractivity contribution < 1.29 is 4.39 Å². The van der Waals surface area contributed by atoms with E-state index in [9.17, 15) is 0 Å². The highest BCUT2D eigenvalue weighted by Gasteiger charge is 2.46. The van der Waals surface area contributed by atoms with E-state index in [1.54, 1.807) is 0 Å². The van der Waals surface area contributed by atoms with Gasteiger partial charge in [0.25, 0.3) is 0 Å². The molecule has 0 aromatic heterocycles. The average molecular weight is 289 g/mol. The van der Waals surface area contributed by atoms with E-state index >= 15 is 4.39 Å². The number of halogens is 1. The minimum absolute atomic E-state index is 0.363. The monoisotopic (exact) mass is 289 g/mol. The zero-order valence-corrected chi connectivity index (χ0v) is 12.1. The fraction of sp³-hybridized carbons (Fsp3) is 0.100. The van der Waals surface area contributed by atoms with Gasteiger partial charge in [-0.15, -0.1) is 0 Å². The first-order valence-electron chi connectivity index (χ1n) is 7.47. The highest BCUT2D eigenvalue weighted by Crippen LogP contribution is 2.50. The summed E-state index contributed by atoms with van der Waals surface area (Å²) in [6, 6.07) is 27.1. The van der Waals surface area contributed by atoms with Crippen molar-refractivity contribution in [3.05, 3.63) is 96.1 Å². The molecule has 0 radical (unpaired) electrons. The molecule has 3 aromatic carbocycles. The maximum Gasteiger partial charge on any atom is 0.216 e. The number of rotatable bonds is 2. The van der Waals surface area contributed by atoms with Gasteiger partial charge in [0.15, 0.2) is 0 Å². The molecule has 0 spiro atoms. The molecular weight excluding hydrogens is 273 g/mol.